The van der Waals surface area contributed by atoms with Crippen molar-refractivity contribution in [1.29, 1.82) is 0 Å². The van der Waals surface area contributed by atoms with Crippen LogP contribution in [0.25, 0.3) is 0 Å². The molecule has 0 amide bonds. The number of rotatable bonds is 17. The third kappa shape index (κ3) is 11.3. The van der Waals surface area contributed by atoms with Crippen molar-refractivity contribution < 1.29 is 4.74 Å². The van der Waals surface area contributed by atoms with Gasteiger partial charge in [-0.05, 0) is 25.7 Å². The molecule has 0 radical (unpaired) electrons. The van der Waals surface area contributed by atoms with Crippen molar-refractivity contribution in [3.05, 3.63) is 12.7 Å². The fourth-order valence-electron chi connectivity index (χ4n) is 3.33. The van der Waals surface area contributed by atoms with E-state index in [-0.39, 0.29) is 0 Å². The molecule has 0 aromatic rings. The average molecular weight is 309 g/mol. The van der Waals surface area contributed by atoms with Crippen LogP contribution < -0.4 is 0 Å². The first-order valence-corrected chi connectivity index (χ1v) is 10.1. The lowest BCUT2D eigenvalue weighted by Gasteiger charge is -2.01. The van der Waals surface area contributed by atoms with Gasteiger partial charge in [-0.15, -0.1) is 6.58 Å². The summed E-state index contributed by atoms with van der Waals surface area (Å²) < 4.78 is 5.80. The summed E-state index contributed by atoms with van der Waals surface area (Å²) in [4.78, 5) is 0. The van der Waals surface area contributed by atoms with E-state index in [1.807, 2.05) is 6.08 Å². The molecule has 1 rings (SSSR count). The number of ether oxygens (including phenoxy) is 1. The van der Waals surface area contributed by atoms with Crippen LogP contribution in [0.1, 0.15) is 110 Å². The van der Waals surface area contributed by atoms with E-state index < -0.39 is 0 Å². The van der Waals surface area contributed by atoms with Crippen molar-refractivity contribution in [3.63, 3.8) is 0 Å². The van der Waals surface area contributed by atoms with Crippen molar-refractivity contribution in [1.82, 2.24) is 0 Å². The molecule has 0 aromatic carbocycles. The van der Waals surface area contributed by atoms with Gasteiger partial charge in [0.2, 0.25) is 0 Å². The Bertz CT molecular complexity index is 248. The first kappa shape index (κ1) is 19.7. The van der Waals surface area contributed by atoms with Gasteiger partial charge in [-0.25, -0.2) is 0 Å². The molecule has 1 heteroatoms. The largest absolute Gasteiger partial charge is 0.370 e. The number of hydrogen-bond donors (Lipinski definition) is 0. The van der Waals surface area contributed by atoms with E-state index >= 15 is 0 Å². The summed E-state index contributed by atoms with van der Waals surface area (Å²) >= 11 is 0. The lowest BCUT2D eigenvalue weighted by Crippen LogP contribution is -1.94. The maximum Gasteiger partial charge on any atom is 0.0841 e. The summed E-state index contributed by atoms with van der Waals surface area (Å²) in [5, 5.41) is 0. The molecule has 1 aliphatic heterocycles. The zero-order valence-corrected chi connectivity index (χ0v) is 15.2. The van der Waals surface area contributed by atoms with Crippen LogP contribution in [0, 0.1) is 0 Å². The maximum absolute atomic E-state index is 5.80. The molecule has 1 fully saturated rings. The van der Waals surface area contributed by atoms with Crippen LogP contribution in [0.4, 0.5) is 0 Å². The molecule has 0 aliphatic carbocycles. The third-order valence-electron chi connectivity index (χ3n) is 4.93. The highest BCUT2D eigenvalue weighted by atomic mass is 16.6. The molecule has 0 saturated carbocycles. The molecule has 1 nitrogen and oxygen atoms in total. The van der Waals surface area contributed by atoms with Gasteiger partial charge in [0.1, 0.15) is 0 Å². The van der Waals surface area contributed by atoms with Gasteiger partial charge in [0.25, 0.3) is 0 Å². The zero-order valence-electron chi connectivity index (χ0n) is 15.2. The molecule has 130 valence electrons. The Morgan fingerprint density at radius 3 is 1.64 bits per heavy atom. The van der Waals surface area contributed by atoms with Gasteiger partial charge in [-0.1, -0.05) is 90.0 Å². The second-order valence-corrected chi connectivity index (χ2v) is 7.11. The summed E-state index contributed by atoms with van der Waals surface area (Å²) in [6.07, 6.45) is 25.3. The lowest BCUT2D eigenvalue weighted by atomic mass is 10.0. The van der Waals surface area contributed by atoms with Crippen LogP contribution >= 0.6 is 0 Å². The summed E-state index contributed by atoms with van der Waals surface area (Å²) in [5.74, 6) is 0. The first-order chi connectivity index (χ1) is 10.9. The van der Waals surface area contributed by atoms with Gasteiger partial charge in [0.15, 0.2) is 0 Å². The topological polar surface area (TPSA) is 12.5 Å². The molecule has 2 unspecified atom stereocenters. The molecule has 1 saturated heterocycles. The van der Waals surface area contributed by atoms with Crippen molar-refractivity contribution in [2.45, 2.75) is 122 Å². The maximum atomic E-state index is 5.80. The molecular formula is C21H40O. The molecule has 22 heavy (non-hydrogen) atoms. The van der Waals surface area contributed by atoms with Crippen molar-refractivity contribution >= 4 is 0 Å². The standard InChI is InChI=1S/C21H40O/c1-3-5-7-9-11-12-13-15-17-19-21-20(22-21)18-16-14-10-8-6-4-2/h4,20-21H,2-3,5-19H2,1H3. The molecule has 0 spiro atoms. The summed E-state index contributed by atoms with van der Waals surface area (Å²) in [6.45, 7) is 6.06. The van der Waals surface area contributed by atoms with Crippen LogP contribution in [-0.2, 0) is 4.74 Å². The van der Waals surface area contributed by atoms with E-state index in [0.717, 1.165) is 0 Å². The summed E-state index contributed by atoms with van der Waals surface area (Å²) in [6, 6.07) is 0. The van der Waals surface area contributed by atoms with Crippen LogP contribution in [0.15, 0.2) is 12.7 Å². The highest BCUT2D eigenvalue weighted by Gasteiger charge is 2.36. The van der Waals surface area contributed by atoms with E-state index in [1.54, 1.807) is 0 Å². The van der Waals surface area contributed by atoms with Gasteiger partial charge in [-0.2, -0.15) is 0 Å². The second kappa shape index (κ2) is 14.3. The zero-order chi connectivity index (χ0) is 15.9. The SMILES string of the molecule is C=CCCCCCCC1OC1CCCCCCCCCCC. The minimum Gasteiger partial charge on any atom is -0.370 e. The van der Waals surface area contributed by atoms with Crippen LogP contribution in [0.3, 0.4) is 0 Å². The van der Waals surface area contributed by atoms with Crippen molar-refractivity contribution in [3.8, 4) is 0 Å². The minimum absolute atomic E-state index is 0.619. The summed E-state index contributed by atoms with van der Waals surface area (Å²) in [7, 11) is 0. The summed E-state index contributed by atoms with van der Waals surface area (Å²) in [5.41, 5.74) is 0. The van der Waals surface area contributed by atoms with Gasteiger partial charge in [0.05, 0.1) is 12.2 Å². The van der Waals surface area contributed by atoms with Gasteiger partial charge in [0, 0.05) is 0 Å². The lowest BCUT2D eigenvalue weighted by molar-refractivity contribution is 0.347. The van der Waals surface area contributed by atoms with Crippen LogP contribution in [0.5, 0.6) is 0 Å². The number of epoxide rings is 1. The average Bonchev–Trinajstić information content (AvgIpc) is 3.27. The normalized spacial score (nSPS) is 20.2. The van der Waals surface area contributed by atoms with Crippen molar-refractivity contribution in [2.24, 2.45) is 0 Å². The van der Waals surface area contributed by atoms with Crippen LogP contribution in [-0.4, -0.2) is 12.2 Å². The highest BCUT2D eigenvalue weighted by Crippen LogP contribution is 2.31. The van der Waals surface area contributed by atoms with E-state index in [2.05, 4.69) is 13.5 Å². The third-order valence-corrected chi connectivity index (χ3v) is 4.93. The van der Waals surface area contributed by atoms with E-state index in [4.69, 9.17) is 4.74 Å². The Hall–Kier alpha value is -0.300. The Balaban J connectivity index is 1.74. The second-order valence-electron chi connectivity index (χ2n) is 7.11. The Labute approximate surface area is 139 Å². The molecule has 1 aliphatic rings. The monoisotopic (exact) mass is 308 g/mol. The van der Waals surface area contributed by atoms with Crippen molar-refractivity contribution in [2.75, 3.05) is 0 Å². The quantitative estimate of drug-likeness (QED) is 0.157. The molecule has 1 heterocycles. The Morgan fingerprint density at radius 2 is 1.14 bits per heavy atom. The van der Waals surface area contributed by atoms with E-state index in [1.165, 1.54) is 103 Å². The van der Waals surface area contributed by atoms with Gasteiger partial charge in [-0.3, -0.25) is 0 Å². The molecule has 2 atom stereocenters. The predicted molar refractivity (Wildman–Crippen MR) is 98.4 cm³/mol. The fraction of sp³-hybridized carbons (Fsp3) is 0.905. The Kier molecular flexibility index (Phi) is 12.8. The minimum atomic E-state index is 0.619. The number of allylic oxidation sites excluding steroid dienone is 1. The van der Waals surface area contributed by atoms with Gasteiger partial charge < -0.3 is 4.74 Å². The van der Waals surface area contributed by atoms with E-state index in [0.29, 0.717) is 12.2 Å². The smallest absolute Gasteiger partial charge is 0.0841 e. The fourth-order valence-corrected chi connectivity index (χ4v) is 3.33. The number of hydrogen-bond acceptors (Lipinski definition) is 1. The molecular weight excluding hydrogens is 268 g/mol. The highest BCUT2D eigenvalue weighted by molar-refractivity contribution is 4.84. The van der Waals surface area contributed by atoms with Gasteiger partial charge >= 0.3 is 0 Å². The number of unbranched alkanes of at least 4 members (excludes halogenated alkanes) is 12. The first-order valence-electron chi connectivity index (χ1n) is 10.1. The molecule has 0 bridgehead atoms. The van der Waals surface area contributed by atoms with E-state index in [9.17, 15) is 0 Å². The molecule has 0 N–H and O–H groups in total. The molecule has 0 aromatic heterocycles. The predicted octanol–water partition coefficient (Wildman–Crippen LogP) is 7.20. The van der Waals surface area contributed by atoms with Crippen LogP contribution in [0.2, 0.25) is 0 Å². The Morgan fingerprint density at radius 1 is 0.682 bits per heavy atom.